The minimum atomic E-state index is 0.713. The molecule has 1 nitrogen and oxygen atoms in total. The first-order valence-electron chi connectivity index (χ1n) is 3.73. The fourth-order valence-electron chi connectivity index (χ4n) is 0.905. The highest BCUT2D eigenvalue weighted by atomic mass is 79.9. The Labute approximate surface area is 85.6 Å². The molecule has 0 unspecified atom stereocenters. The lowest BCUT2D eigenvalue weighted by Gasteiger charge is -2.05. The highest BCUT2D eigenvalue weighted by Gasteiger charge is 1.98. The van der Waals surface area contributed by atoms with Crippen LogP contribution in [0.4, 0.5) is 0 Å². The van der Waals surface area contributed by atoms with Crippen LogP contribution in [0.2, 0.25) is 0 Å². The van der Waals surface area contributed by atoms with E-state index in [4.69, 9.17) is 4.74 Å². The van der Waals surface area contributed by atoms with Crippen LogP contribution >= 0.6 is 27.7 Å². The average molecular weight is 247 g/mol. The summed E-state index contributed by atoms with van der Waals surface area (Å²) in [5.41, 5.74) is 0. The van der Waals surface area contributed by atoms with Crippen molar-refractivity contribution in [2.75, 3.05) is 12.9 Å². The number of hydrogen-bond donors (Lipinski definition) is 0. The fourth-order valence-corrected chi connectivity index (χ4v) is 2.01. The molecule has 1 rings (SSSR count). The molecule has 0 radical (unpaired) electrons. The standard InChI is InChI=1S/C9H11BrOS/c1-3-11-8-4-7(10)5-9(6-8)12-2/h4-6H,3H2,1-2H3. The Morgan fingerprint density at radius 1 is 1.42 bits per heavy atom. The average Bonchev–Trinajstić information content (AvgIpc) is 2.04. The molecule has 0 aliphatic heterocycles. The van der Waals surface area contributed by atoms with Crippen LogP contribution in [0.25, 0.3) is 0 Å². The minimum absolute atomic E-state index is 0.713. The van der Waals surface area contributed by atoms with Crippen LogP contribution in [0.5, 0.6) is 5.75 Å². The number of hydrogen-bond acceptors (Lipinski definition) is 2. The monoisotopic (exact) mass is 246 g/mol. The van der Waals surface area contributed by atoms with E-state index in [0.29, 0.717) is 6.61 Å². The van der Waals surface area contributed by atoms with Gasteiger partial charge in [-0.05, 0) is 31.4 Å². The predicted molar refractivity (Wildman–Crippen MR) is 57.1 cm³/mol. The molecule has 0 heterocycles. The van der Waals surface area contributed by atoms with Crippen molar-refractivity contribution < 1.29 is 4.74 Å². The lowest BCUT2D eigenvalue weighted by atomic mass is 10.3. The number of thioether (sulfide) groups is 1. The molecule has 0 fully saturated rings. The molecule has 0 amide bonds. The smallest absolute Gasteiger partial charge is 0.121 e. The first-order chi connectivity index (χ1) is 5.76. The van der Waals surface area contributed by atoms with Crippen LogP contribution in [-0.2, 0) is 0 Å². The SMILES string of the molecule is CCOc1cc(Br)cc(SC)c1. The molecular weight excluding hydrogens is 236 g/mol. The third-order valence-electron chi connectivity index (χ3n) is 1.39. The van der Waals surface area contributed by atoms with E-state index in [9.17, 15) is 0 Å². The van der Waals surface area contributed by atoms with E-state index < -0.39 is 0 Å². The summed E-state index contributed by atoms with van der Waals surface area (Å²) < 4.78 is 6.45. The van der Waals surface area contributed by atoms with E-state index >= 15 is 0 Å². The lowest BCUT2D eigenvalue weighted by molar-refractivity contribution is 0.339. The van der Waals surface area contributed by atoms with Crippen molar-refractivity contribution in [1.82, 2.24) is 0 Å². The van der Waals surface area contributed by atoms with E-state index in [0.717, 1.165) is 10.2 Å². The molecule has 0 N–H and O–H groups in total. The van der Waals surface area contributed by atoms with E-state index in [1.165, 1.54) is 4.90 Å². The van der Waals surface area contributed by atoms with Gasteiger partial charge in [0, 0.05) is 9.37 Å². The molecule has 0 spiro atoms. The zero-order chi connectivity index (χ0) is 8.97. The van der Waals surface area contributed by atoms with E-state index in [1.54, 1.807) is 11.8 Å². The Kier molecular flexibility index (Phi) is 3.95. The molecule has 0 aliphatic rings. The van der Waals surface area contributed by atoms with Crippen LogP contribution in [0.1, 0.15) is 6.92 Å². The highest BCUT2D eigenvalue weighted by Crippen LogP contribution is 2.26. The number of rotatable bonds is 3. The van der Waals surface area contributed by atoms with Gasteiger partial charge in [0.2, 0.25) is 0 Å². The maximum Gasteiger partial charge on any atom is 0.121 e. The molecule has 1 aromatic rings. The quantitative estimate of drug-likeness (QED) is 0.755. The first kappa shape index (κ1) is 9.93. The van der Waals surface area contributed by atoms with Gasteiger partial charge in [-0.15, -0.1) is 11.8 Å². The van der Waals surface area contributed by atoms with Crippen molar-refractivity contribution in [3.05, 3.63) is 22.7 Å². The second-order valence-corrected chi connectivity index (χ2v) is 4.06. The van der Waals surface area contributed by atoms with Gasteiger partial charge in [0.1, 0.15) is 5.75 Å². The molecule has 0 saturated heterocycles. The van der Waals surface area contributed by atoms with Crippen LogP contribution < -0.4 is 4.74 Å². The van der Waals surface area contributed by atoms with Crippen molar-refractivity contribution in [2.24, 2.45) is 0 Å². The maximum absolute atomic E-state index is 5.39. The third-order valence-corrected chi connectivity index (χ3v) is 2.56. The summed E-state index contributed by atoms with van der Waals surface area (Å²) in [6.07, 6.45) is 2.05. The van der Waals surface area contributed by atoms with Crippen molar-refractivity contribution >= 4 is 27.7 Å². The number of ether oxygens (including phenoxy) is 1. The van der Waals surface area contributed by atoms with Crippen molar-refractivity contribution in [1.29, 1.82) is 0 Å². The van der Waals surface area contributed by atoms with Gasteiger partial charge in [-0.2, -0.15) is 0 Å². The van der Waals surface area contributed by atoms with E-state index in [-0.39, 0.29) is 0 Å². The van der Waals surface area contributed by atoms with Gasteiger partial charge in [0.25, 0.3) is 0 Å². The fraction of sp³-hybridized carbons (Fsp3) is 0.333. The molecule has 66 valence electrons. The Balaban J connectivity index is 2.90. The molecule has 0 aliphatic carbocycles. The zero-order valence-electron chi connectivity index (χ0n) is 7.13. The summed E-state index contributed by atoms with van der Waals surface area (Å²) in [6.45, 7) is 2.70. The van der Waals surface area contributed by atoms with Crippen LogP contribution in [0.3, 0.4) is 0 Å². The van der Waals surface area contributed by atoms with Crippen molar-refractivity contribution in [3.8, 4) is 5.75 Å². The van der Waals surface area contributed by atoms with Gasteiger partial charge in [0.05, 0.1) is 6.61 Å². The topological polar surface area (TPSA) is 9.23 Å². The summed E-state index contributed by atoms with van der Waals surface area (Å²) in [6, 6.07) is 6.09. The van der Waals surface area contributed by atoms with E-state index in [1.807, 2.05) is 19.1 Å². The maximum atomic E-state index is 5.39. The highest BCUT2D eigenvalue weighted by molar-refractivity contribution is 9.10. The molecule has 1 aromatic carbocycles. The number of halogens is 1. The second-order valence-electron chi connectivity index (χ2n) is 2.26. The minimum Gasteiger partial charge on any atom is -0.494 e. The summed E-state index contributed by atoms with van der Waals surface area (Å²) >= 11 is 5.14. The lowest BCUT2D eigenvalue weighted by Crippen LogP contribution is -1.91. The van der Waals surface area contributed by atoms with Gasteiger partial charge in [0.15, 0.2) is 0 Å². The summed E-state index contributed by atoms with van der Waals surface area (Å²) in [4.78, 5) is 1.22. The van der Waals surface area contributed by atoms with Gasteiger partial charge in [-0.1, -0.05) is 15.9 Å². The molecule has 0 atom stereocenters. The largest absolute Gasteiger partial charge is 0.494 e. The third kappa shape index (κ3) is 2.72. The normalized spacial score (nSPS) is 9.92. The van der Waals surface area contributed by atoms with Crippen LogP contribution in [0.15, 0.2) is 27.6 Å². The molecule has 0 aromatic heterocycles. The van der Waals surface area contributed by atoms with E-state index in [2.05, 4.69) is 28.3 Å². The summed E-state index contributed by atoms with van der Waals surface area (Å²) in [5.74, 6) is 0.927. The van der Waals surface area contributed by atoms with Gasteiger partial charge < -0.3 is 4.74 Å². The molecule has 12 heavy (non-hydrogen) atoms. The molecular formula is C9H11BrOS. The van der Waals surface area contributed by atoms with Crippen LogP contribution in [-0.4, -0.2) is 12.9 Å². The second kappa shape index (κ2) is 4.77. The molecule has 0 bridgehead atoms. The Bertz CT molecular complexity index is 263. The molecule has 3 heteroatoms. The summed E-state index contributed by atoms with van der Waals surface area (Å²) in [5, 5.41) is 0. The first-order valence-corrected chi connectivity index (χ1v) is 5.75. The Morgan fingerprint density at radius 3 is 2.75 bits per heavy atom. The Morgan fingerprint density at radius 2 is 2.17 bits per heavy atom. The van der Waals surface area contributed by atoms with Gasteiger partial charge >= 0.3 is 0 Å². The van der Waals surface area contributed by atoms with Crippen molar-refractivity contribution in [2.45, 2.75) is 11.8 Å². The zero-order valence-corrected chi connectivity index (χ0v) is 9.54. The van der Waals surface area contributed by atoms with Gasteiger partial charge in [-0.3, -0.25) is 0 Å². The summed E-state index contributed by atoms with van der Waals surface area (Å²) in [7, 11) is 0. The predicted octanol–water partition coefficient (Wildman–Crippen LogP) is 3.57. The number of benzene rings is 1. The van der Waals surface area contributed by atoms with Crippen molar-refractivity contribution in [3.63, 3.8) is 0 Å². The van der Waals surface area contributed by atoms with Gasteiger partial charge in [-0.25, -0.2) is 0 Å². The molecule has 0 saturated carbocycles. The van der Waals surface area contributed by atoms with Crippen LogP contribution in [0, 0.1) is 0 Å². The Hall–Kier alpha value is -0.150.